The predicted octanol–water partition coefficient (Wildman–Crippen LogP) is 4.51. The lowest BCUT2D eigenvalue weighted by molar-refractivity contribution is -0.115. The summed E-state index contributed by atoms with van der Waals surface area (Å²) in [7, 11) is 1.49. The Hall–Kier alpha value is -2.00. The first-order chi connectivity index (χ1) is 12.4. The highest BCUT2D eigenvalue weighted by Crippen LogP contribution is 2.35. The van der Waals surface area contributed by atoms with Crippen LogP contribution >= 0.6 is 34.4 Å². The summed E-state index contributed by atoms with van der Waals surface area (Å²) >= 11 is 3.32. The summed E-state index contributed by atoms with van der Waals surface area (Å²) < 4.78 is 5.82. The lowest BCUT2D eigenvalue weighted by atomic mass is 10.1. The number of hydrogen-bond acceptors (Lipinski definition) is 5. The van der Waals surface area contributed by atoms with Crippen molar-refractivity contribution in [3.63, 3.8) is 0 Å². The number of amides is 1. The quantitative estimate of drug-likeness (QED) is 0.501. The summed E-state index contributed by atoms with van der Waals surface area (Å²) in [5.74, 6) is 0.272. The number of ether oxygens (including phenoxy) is 1. The number of aryl methyl sites for hydroxylation is 2. The summed E-state index contributed by atoms with van der Waals surface area (Å²) in [5, 5.41) is 13.3. The van der Waals surface area contributed by atoms with Crippen molar-refractivity contribution in [2.24, 2.45) is 4.99 Å². The van der Waals surface area contributed by atoms with Crippen LogP contribution in [-0.2, 0) is 4.79 Å². The van der Waals surface area contributed by atoms with Crippen LogP contribution in [0.1, 0.15) is 16.7 Å². The number of aliphatic imine (C=N–C) groups is 1. The molecule has 1 fully saturated rings. The molecule has 1 aliphatic rings. The molecule has 1 aliphatic heterocycles. The molecule has 0 spiro atoms. The molecule has 5 nitrogen and oxygen atoms in total. The van der Waals surface area contributed by atoms with Crippen molar-refractivity contribution in [2.75, 3.05) is 7.11 Å². The van der Waals surface area contributed by atoms with E-state index in [-0.39, 0.29) is 11.7 Å². The minimum Gasteiger partial charge on any atom is -0.504 e. The van der Waals surface area contributed by atoms with Crippen molar-refractivity contribution in [1.29, 1.82) is 0 Å². The third-order valence-corrected chi connectivity index (χ3v) is 5.54. The Balaban J connectivity index is 1.91. The van der Waals surface area contributed by atoms with Crippen molar-refractivity contribution in [3.05, 3.63) is 55.5 Å². The smallest absolute Gasteiger partial charge is 0.264 e. The third-order valence-electron chi connectivity index (χ3n) is 3.81. The molecular weight excluding hydrogens is 463 g/mol. The van der Waals surface area contributed by atoms with Gasteiger partial charge in [-0.05, 0) is 89.2 Å². The lowest BCUT2D eigenvalue weighted by Crippen LogP contribution is -2.19. The largest absolute Gasteiger partial charge is 0.504 e. The SMILES string of the molecule is COc1cc(/C=C2/SC(=Nc3cc(C)ccc3C)NC2=O)cc(I)c1O. The van der Waals surface area contributed by atoms with Gasteiger partial charge in [-0.2, -0.15) is 0 Å². The number of methoxy groups -OCH3 is 1. The Bertz CT molecular complexity index is 954. The van der Waals surface area contributed by atoms with Gasteiger partial charge in [-0.15, -0.1) is 0 Å². The molecule has 26 heavy (non-hydrogen) atoms. The van der Waals surface area contributed by atoms with Gasteiger partial charge in [0.15, 0.2) is 16.7 Å². The number of carbonyl (C=O) groups is 1. The summed E-state index contributed by atoms with van der Waals surface area (Å²) in [6.07, 6.45) is 1.76. The molecule has 0 radical (unpaired) electrons. The van der Waals surface area contributed by atoms with Crippen molar-refractivity contribution in [3.8, 4) is 11.5 Å². The van der Waals surface area contributed by atoms with Crippen LogP contribution in [0.5, 0.6) is 11.5 Å². The van der Waals surface area contributed by atoms with E-state index in [4.69, 9.17) is 4.74 Å². The summed E-state index contributed by atoms with van der Waals surface area (Å²) in [6.45, 7) is 4.00. The highest BCUT2D eigenvalue weighted by atomic mass is 127. The highest BCUT2D eigenvalue weighted by molar-refractivity contribution is 14.1. The van der Waals surface area contributed by atoms with E-state index in [0.717, 1.165) is 22.4 Å². The third kappa shape index (κ3) is 4.04. The zero-order valence-electron chi connectivity index (χ0n) is 14.5. The van der Waals surface area contributed by atoms with Gasteiger partial charge in [0.2, 0.25) is 0 Å². The van der Waals surface area contributed by atoms with Crippen LogP contribution in [0.3, 0.4) is 0 Å². The molecule has 2 aromatic carbocycles. The maximum Gasteiger partial charge on any atom is 0.264 e. The van der Waals surface area contributed by atoms with Crippen LogP contribution < -0.4 is 10.1 Å². The second kappa shape index (κ2) is 7.71. The molecule has 2 N–H and O–H groups in total. The highest BCUT2D eigenvalue weighted by Gasteiger charge is 2.24. The van der Waals surface area contributed by atoms with Gasteiger partial charge >= 0.3 is 0 Å². The first kappa shape index (κ1) is 18.8. The second-order valence-electron chi connectivity index (χ2n) is 5.83. The summed E-state index contributed by atoms with van der Waals surface area (Å²) in [5.41, 5.74) is 3.78. The number of thioether (sulfide) groups is 1. The van der Waals surface area contributed by atoms with Crippen molar-refractivity contribution < 1.29 is 14.6 Å². The molecule has 1 saturated heterocycles. The Labute approximate surface area is 169 Å². The number of nitrogens with one attached hydrogen (secondary N) is 1. The number of phenolic OH excluding ortho intramolecular Hbond substituents is 1. The minimum absolute atomic E-state index is 0.0935. The first-order valence-corrected chi connectivity index (χ1v) is 9.70. The molecule has 3 rings (SSSR count). The molecule has 0 aromatic heterocycles. The Kier molecular flexibility index (Phi) is 5.57. The average molecular weight is 480 g/mol. The van der Waals surface area contributed by atoms with E-state index in [1.54, 1.807) is 18.2 Å². The molecule has 0 unspecified atom stereocenters. The van der Waals surface area contributed by atoms with Crippen LogP contribution in [0.25, 0.3) is 6.08 Å². The number of nitrogens with zero attached hydrogens (tertiary/aromatic N) is 1. The van der Waals surface area contributed by atoms with Crippen LogP contribution in [0.15, 0.2) is 40.2 Å². The summed E-state index contributed by atoms with van der Waals surface area (Å²) in [4.78, 5) is 17.4. The van der Waals surface area contributed by atoms with Gasteiger partial charge in [-0.25, -0.2) is 4.99 Å². The van der Waals surface area contributed by atoms with E-state index < -0.39 is 0 Å². The standard InChI is InChI=1S/C19H17IN2O3S/c1-10-4-5-11(2)14(6-10)21-19-22-18(24)16(26-19)9-12-7-13(20)17(23)15(8-12)25-3/h4-9,23H,1-3H3,(H,21,22,24)/b16-9+. The van der Waals surface area contributed by atoms with Crippen LogP contribution in [0.2, 0.25) is 0 Å². The zero-order valence-corrected chi connectivity index (χ0v) is 17.4. The monoisotopic (exact) mass is 480 g/mol. The molecule has 0 saturated carbocycles. The Morgan fingerprint density at radius 3 is 2.77 bits per heavy atom. The number of aromatic hydroxyl groups is 1. The number of benzene rings is 2. The van der Waals surface area contributed by atoms with E-state index in [9.17, 15) is 9.90 Å². The van der Waals surface area contributed by atoms with E-state index >= 15 is 0 Å². The van der Waals surface area contributed by atoms with Gasteiger partial charge in [-0.3, -0.25) is 4.79 Å². The molecule has 0 atom stereocenters. The maximum atomic E-state index is 12.3. The summed E-state index contributed by atoms with van der Waals surface area (Å²) in [6, 6.07) is 9.52. The van der Waals surface area contributed by atoms with Gasteiger partial charge < -0.3 is 15.2 Å². The molecule has 0 aliphatic carbocycles. The van der Waals surface area contributed by atoms with Gasteiger partial charge in [0.05, 0.1) is 21.3 Å². The van der Waals surface area contributed by atoms with Gasteiger partial charge in [-0.1, -0.05) is 12.1 Å². The van der Waals surface area contributed by atoms with Crippen LogP contribution in [0, 0.1) is 17.4 Å². The van der Waals surface area contributed by atoms with Crippen molar-refractivity contribution in [2.45, 2.75) is 13.8 Å². The molecule has 7 heteroatoms. The number of hydrogen-bond donors (Lipinski definition) is 2. The van der Waals surface area contributed by atoms with Crippen LogP contribution in [0.4, 0.5) is 5.69 Å². The fourth-order valence-electron chi connectivity index (χ4n) is 2.41. The maximum absolute atomic E-state index is 12.3. The van der Waals surface area contributed by atoms with Gasteiger partial charge in [0.1, 0.15) is 0 Å². The molecule has 0 bridgehead atoms. The molecule has 2 aromatic rings. The fraction of sp³-hybridized carbons (Fsp3) is 0.158. The van der Waals surface area contributed by atoms with E-state index in [2.05, 4.69) is 10.3 Å². The Morgan fingerprint density at radius 1 is 1.27 bits per heavy atom. The number of carbonyl (C=O) groups excluding carboxylic acids is 1. The first-order valence-electron chi connectivity index (χ1n) is 7.80. The average Bonchev–Trinajstić information content (AvgIpc) is 2.93. The zero-order chi connectivity index (χ0) is 18.8. The predicted molar refractivity (Wildman–Crippen MR) is 114 cm³/mol. The van der Waals surface area contributed by atoms with Crippen molar-refractivity contribution in [1.82, 2.24) is 5.32 Å². The molecular formula is C19H17IN2O3S. The van der Waals surface area contributed by atoms with E-state index in [1.807, 2.05) is 54.6 Å². The van der Waals surface area contributed by atoms with Gasteiger partial charge in [0, 0.05) is 0 Å². The molecule has 1 heterocycles. The van der Waals surface area contributed by atoms with E-state index in [1.165, 1.54) is 18.9 Å². The fourth-order valence-corrected chi connectivity index (χ4v) is 3.87. The molecule has 1 amide bonds. The van der Waals surface area contributed by atoms with Gasteiger partial charge in [0.25, 0.3) is 5.91 Å². The number of rotatable bonds is 3. The van der Waals surface area contributed by atoms with Crippen LogP contribution in [-0.4, -0.2) is 23.3 Å². The number of halogens is 1. The second-order valence-corrected chi connectivity index (χ2v) is 8.02. The van der Waals surface area contributed by atoms with Crippen molar-refractivity contribution >= 4 is 57.2 Å². The van der Waals surface area contributed by atoms with E-state index in [0.29, 0.717) is 19.4 Å². The molecule has 134 valence electrons. The minimum atomic E-state index is -0.193. The normalized spacial score (nSPS) is 17.0. The number of phenols is 1. The Morgan fingerprint density at radius 2 is 2.04 bits per heavy atom. The topological polar surface area (TPSA) is 70.9 Å². The number of amidine groups is 1. The lowest BCUT2D eigenvalue weighted by Gasteiger charge is -2.06.